The van der Waals surface area contributed by atoms with Gasteiger partial charge in [0.15, 0.2) is 5.78 Å². The number of hydrogen-bond acceptors (Lipinski definition) is 3. The van der Waals surface area contributed by atoms with E-state index < -0.39 is 0 Å². The number of ketones is 1. The first kappa shape index (κ1) is 10.5. The molecule has 0 atom stereocenters. The van der Waals surface area contributed by atoms with Crippen molar-refractivity contribution in [2.45, 2.75) is 13.3 Å². The maximum absolute atomic E-state index is 11.4. The van der Waals surface area contributed by atoms with Crippen molar-refractivity contribution in [3.8, 4) is 0 Å². The fraction of sp³-hybridized carbons (Fsp3) is 0.154. The molecule has 0 unspecified atom stereocenters. The lowest BCUT2D eigenvalue weighted by Gasteiger charge is -1.99. The Balaban J connectivity index is 2.21. The van der Waals surface area contributed by atoms with E-state index in [9.17, 15) is 4.79 Å². The zero-order valence-corrected chi connectivity index (χ0v) is 8.97. The van der Waals surface area contributed by atoms with Crippen LogP contribution in [0.5, 0.6) is 0 Å². The molecule has 0 N–H and O–H groups in total. The molecule has 0 aromatic carbocycles. The van der Waals surface area contributed by atoms with Gasteiger partial charge in [0.2, 0.25) is 0 Å². The Hall–Kier alpha value is -2.03. The van der Waals surface area contributed by atoms with E-state index in [2.05, 4.69) is 0 Å². The van der Waals surface area contributed by atoms with Crippen LogP contribution in [0.3, 0.4) is 0 Å². The molecule has 0 aliphatic carbocycles. The lowest BCUT2D eigenvalue weighted by Crippen LogP contribution is -1.99. The van der Waals surface area contributed by atoms with Gasteiger partial charge in [0.05, 0.1) is 12.5 Å². The Labute approximate surface area is 93.4 Å². The summed E-state index contributed by atoms with van der Waals surface area (Å²) in [4.78, 5) is 11.4. The van der Waals surface area contributed by atoms with Crippen molar-refractivity contribution in [1.82, 2.24) is 0 Å². The summed E-state index contributed by atoms with van der Waals surface area (Å²) in [5.74, 6) is 1.47. The van der Waals surface area contributed by atoms with Crippen molar-refractivity contribution in [1.29, 1.82) is 0 Å². The summed E-state index contributed by atoms with van der Waals surface area (Å²) in [6, 6.07) is 7.25. The first-order chi connectivity index (χ1) is 7.75. The molecule has 82 valence electrons. The Morgan fingerprint density at radius 3 is 2.56 bits per heavy atom. The van der Waals surface area contributed by atoms with Crippen molar-refractivity contribution < 1.29 is 13.6 Å². The Kier molecular flexibility index (Phi) is 3.05. The maximum Gasteiger partial charge on any atom is 0.156 e. The predicted octanol–water partition coefficient (Wildman–Crippen LogP) is 3.09. The minimum Gasteiger partial charge on any atom is -0.469 e. The second kappa shape index (κ2) is 4.66. The molecule has 2 rings (SSSR count). The largest absolute Gasteiger partial charge is 0.469 e. The van der Waals surface area contributed by atoms with Crippen LogP contribution in [-0.2, 0) is 11.2 Å². The van der Waals surface area contributed by atoms with E-state index in [1.807, 2.05) is 12.1 Å². The lowest BCUT2D eigenvalue weighted by molar-refractivity contribution is -0.113. The SMILES string of the molecule is CC(=O)C(=Cc1ccco1)Cc1ccco1. The van der Waals surface area contributed by atoms with Crippen molar-refractivity contribution in [2.24, 2.45) is 0 Å². The van der Waals surface area contributed by atoms with Crippen LogP contribution in [0.25, 0.3) is 6.08 Å². The average molecular weight is 216 g/mol. The number of furan rings is 2. The molecular formula is C13H12O3. The molecule has 0 aliphatic rings. The maximum atomic E-state index is 11.4. The molecule has 0 radical (unpaired) electrons. The monoisotopic (exact) mass is 216 g/mol. The number of carbonyl (C=O) groups excluding carboxylic acids is 1. The molecule has 0 fully saturated rings. The van der Waals surface area contributed by atoms with Crippen LogP contribution in [0.4, 0.5) is 0 Å². The van der Waals surface area contributed by atoms with Crippen molar-refractivity contribution in [3.05, 3.63) is 53.9 Å². The van der Waals surface area contributed by atoms with Gasteiger partial charge in [0.1, 0.15) is 11.5 Å². The van der Waals surface area contributed by atoms with Gasteiger partial charge in [-0.1, -0.05) is 0 Å². The summed E-state index contributed by atoms with van der Waals surface area (Å²) in [6.07, 6.45) is 5.41. The highest BCUT2D eigenvalue weighted by molar-refractivity contribution is 5.97. The highest BCUT2D eigenvalue weighted by Crippen LogP contribution is 2.14. The zero-order chi connectivity index (χ0) is 11.4. The number of Topliss-reactive ketones (excluding diaryl/α,β-unsaturated/α-hetero) is 1. The van der Waals surface area contributed by atoms with Gasteiger partial charge in [-0.25, -0.2) is 0 Å². The average Bonchev–Trinajstić information content (AvgIpc) is 2.88. The topological polar surface area (TPSA) is 43.4 Å². The molecule has 0 spiro atoms. The van der Waals surface area contributed by atoms with Gasteiger partial charge in [-0.05, 0) is 37.3 Å². The van der Waals surface area contributed by atoms with Gasteiger partial charge in [0.25, 0.3) is 0 Å². The van der Waals surface area contributed by atoms with Gasteiger partial charge in [-0.15, -0.1) is 0 Å². The van der Waals surface area contributed by atoms with Gasteiger partial charge in [-0.2, -0.15) is 0 Å². The van der Waals surface area contributed by atoms with Crippen LogP contribution in [0.15, 0.2) is 51.2 Å². The molecular weight excluding hydrogens is 204 g/mol. The van der Waals surface area contributed by atoms with Gasteiger partial charge in [0, 0.05) is 12.0 Å². The molecule has 0 saturated heterocycles. The highest BCUT2D eigenvalue weighted by atomic mass is 16.3. The van der Waals surface area contributed by atoms with E-state index in [1.54, 1.807) is 30.7 Å². The first-order valence-electron chi connectivity index (χ1n) is 5.03. The third-order valence-electron chi connectivity index (χ3n) is 2.26. The number of allylic oxidation sites excluding steroid dienone is 1. The van der Waals surface area contributed by atoms with Crippen LogP contribution >= 0.6 is 0 Å². The van der Waals surface area contributed by atoms with Gasteiger partial charge < -0.3 is 8.83 Å². The molecule has 2 aromatic rings. The third kappa shape index (κ3) is 2.51. The normalized spacial score (nSPS) is 11.7. The van der Waals surface area contributed by atoms with E-state index in [0.717, 1.165) is 5.76 Å². The van der Waals surface area contributed by atoms with E-state index in [-0.39, 0.29) is 5.78 Å². The van der Waals surface area contributed by atoms with E-state index in [4.69, 9.17) is 8.83 Å². The zero-order valence-electron chi connectivity index (χ0n) is 8.97. The molecule has 3 heteroatoms. The molecule has 0 saturated carbocycles. The van der Waals surface area contributed by atoms with Crippen LogP contribution in [0.2, 0.25) is 0 Å². The first-order valence-corrected chi connectivity index (χ1v) is 5.03. The Morgan fingerprint density at radius 1 is 1.25 bits per heavy atom. The van der Waals surface area contributed by atoms with E-state index in [1.165, 1.54) is 6.92 Å². The highest BCUT2D eigenvalue weighted by Gasteiger charge is 2.08. The van der Waals surface area contributed by atoms with E-state index in [0.29, 0.717) is 17.8 Å². The van der Waals surface area contributed by atoms with Crippen LogP contribution in [0, 0.1) is 0 Å². The second-order valence-electron chi connectivity index (χ2n) is 3.50. The molecule has 16 heavy (non-hydrogen) atoms. The molecule has 3 nitrogen and oxygen atoms in total. The Bertz CT molecular complexity index is 475. The Morgan fingerprint density at radius 2 is 2.00 bits per heavy atom. The molecule has 0 aliphatic heterocycles. The van der Waals surface area contributed by atoms with Gasteiger partial charge >= 0.3 is 0 Å². The molecule has 2 heterocycles. The summed E-state index contributed by atoms with van der Waals surface area (Å²) in [5.41, 5.74) is 0.671. The lowest BCUT2D eigenvalue weighted by atomic mass is 10.1. The third-order valence-corrected chi connectivity index (χ3v) is 2.26. The van der Waals surface area contributed by atoms with Crippen LogP contribution < -0.4 is 0 Å². The summed E-state index contributed by atoms with van der Waals surface area (Å²) >= 11 is 0. The number of hydrogen-bond donors (Lipinski definition) is 0. The number of rotatable bonds is 4. The van der Waals surface area contributed by atoms with Crippen LogP contribution in [0.1, 0.15) is 18.4 Å². The second-order valence-corrected chi connectivity index (χ2v) is 3.50. The fourth-order valence-corrected chi connectivity index (χ4v) is 1.42. The van der Waals surface area contributed by atoms with Crippen LogP contribution in [-0.4, -0.2) is 5.78 Å². The standard InChI is InChI=1S/C13H12O3/c1-10(14)11(8-12-4-2-6-15-12)9-13-5-3-7-16-13/h2-8H,9H2,1H3. The van der Waals surface area contributed by atoms with Crippen molar-refractivity contribution in [3.63, 3.8) is 0 Å². The van der Waals surface area contributed by atoms with Crippen molar-refractivity contribution in [2.75, 3.05) is 0 Å². The minimum atomic E-state index is 0.0211. The fourth-order valence-electron chi connectivity index (χ4n) is 1.42. The summed E-state index contributed by atoms with van der Waals surface area (Å²) in [6.45, 7) is 1.54. The predicted molar refractivity (Wildman–Crippen MR) is 59.8 cm³/mol. The summed E-state index contributed by atoms with van der Waals surface area (Å²) < 4.78 is 10.4. The smallest absolute Gasteiger partial charge is 0.156 e. The summed E-state index contributed by atoms with van der Waals surface area (Å²) in [5, 5.41) is 0. The minimum absolute atomic E-state index is 0.0211. The molecule has 0 bridgehead atoms. The van der Waals surface area contributed by atoms with E-state index >= 15 is 0 Å². The quantitative estimate of drug-likeness (QED) is 0.737. The molecule has 2 aromatic heterocycles. The van der Waals surface area contributed by atoms with Crippen molar-refractivity contribution >= 4 is 11.9 Å². The van der Waals surface area contributed by atoms with Gasteiger partial charge in [-0.3, -0.25) is 4.79 Å². The summed E-state index contributed by atoms with van der Waals surface area (Å²) in [7, 11) is 0. The number of carbonyl (C=O) groups is 1. The molecule has 0 amide bonds.